The molecule has 1 saturated heterocycles. The van der Waals surface area contributed by atoms with Crippen LogP contribution in [0.2, 0.25) is 0 Å². The Balaban J connectivity index is 1.63. The maximum Gasteiger partial charge on any atom is 0.228 e. The van der Waals surface area contributed by atoms with Crippen LogP contribution in [-0.4, -0.2) is 49.4 Å². The van der Waals surface area contributed by atoms with Gasteiger partial charge in [0.25, 0.3) is 0 Å². The van der Waals surface area contributed by atoms with Gasteiger partial charge in [-0.3, -0.25) is 0 Å². The number of anilines is 2. The average Bonchev–Trinajstić information content (AvgIpc) is 2.81. The van der Waals surface area contributed by atoms with Gasteiger partial charge >= 0.3 is 0 Å². The van der Waals surface area contributed by atoms with Crippen molar-refractivity contribution in [2.75, 3.05) is 43.6 Å². The molecule has 174 valence electrons. The van der Waals surface area contributed by atoms with E-state index in [4.69, 9.17) is 19.4 Å². The zero-order valence-electron chi connectivity index (χ0n) is 20.3. The third-order valence-corrected chi connectivity index (χ3v) is 7.06. The zero-order chi connectivity index (χ0) is 22.7. The van der Waals surface area contributed by atoms with Gasteiger partial charge in [0, 0.05) is 30.3 Å². The van der Waals surface area contributed by atoms with E-state index in [0.717, 1.165) is 53.3 Å². The molecule has 0 spiro atoms. The lowest BCUT2D eigenvalue weighted by Crippen LogP contribution is -2.38. The van der Waals surface area contributed by atoms with Crippen molar-refractivity contribution in [2.45, 2.75) is 59.4 Å². The van der Waals surface area contributed by atoms with Crippen molar-refractivity contribution in [1.29, 1.82) is 0 Å². The van der Waals surface area contributed by atoms with Gasteiger partial charge < -0.3 is 19.7 Å². The maximum absolute atomic E-state index is 5.55. The largest absolute Gasteiger partial charge is 0.497 e. The van der Waals surface area contributed by atoms with Gasteiger partial charge in [-0.25, -0.2) is 4.98 Å². The SMILES string of the molecule is COc1cccc(-c2nc(N3CCOCC3)nc(NC3CCC(C(C)(C)C)CC3)c2C)c1. The van der Waals surface area contributed by atoms with Crippen molar-refractivity contribution in [3.05, 3.63) is 29.8 Å². The summed E-state index contributed by atoms with van der Waals surface area (Å²) in [7, 11) is 1.70. The van der Waals surface area contributed by atoms with Crippen molar-refractivity contribution in [2.24, 2.45) is 11.3 Å². The second kappa shape index (κ2) is 9.65. The van der Waals surface area contributed by atoms with E-state index in [0.29, 0.717) is 24.7 Å². The van der Waals surface area contributed by atoms with Gasteiger partial charge in [0.1, 0.15) is 11.6 Å². The van der Waals surface area contributed by atoms with Gasteiger partial charge in [-0.05, 0) is 56.1 Å². The molecule has 2 aromatic rings. The first-order valence-corrected chi connectivity index (χ1v) is 12.0. The average molecular weight is 439 g/mol. The lowest BCUT2D eigenvalue weighted by atomic mass is 9.71. The van der Waals surface area contributed by atoms with Crippen LogP contribution < -0.4 is 15.0 Å². The number of nitrogens with one attached hydrogen (secondary N) is 1. The molecule has 0 unspecified atom stereocenters. The normalized spacial score (nSPS) is 22.0. The second-order valence-corrected chi connectivity index (χ2v) is 10.2. The molecular formula is C26H38N4O2. The third kappa shape index (κ3) is 5.17. The molecule has 32 heavy (non-hydrogen) atoms. The van der Waals surface area contributed by atoms with E-state index in [2.05, 4.69) is 50.0 Å². The van der Waals surface area contributed by atoms with Crippen LogP contribution in [-0.2, 0) is 4.74 Å². The van der Waals surface area contributed by atoms with Crippen LogP contribution in [0.1, 0.15) is 52.0 Å². The summed E-state index contributed by atoms with van der Waals surface area (Å²) in [5.74, 6) is 3.37. The Morgan fingerprint density at radius 2 is 1.78 bits per heavy atom. The number of morpholine rings is 1. The Morgan fingerprint density at radius 1 is 1.06 bits per heavy atom. The molecule has 0 radical (unpaired) electrons. The molecule has 2 heterocycles. The van der Waals surface area contributed by atoms with Gasteiger partial charge in [-0.1, -0.05) is 32.9 Å². The van der Waals surface area contributed by atoms with Crippen LogP contribution in [0.4, 0.5) is 11.8 Å². The quantitative estimate of drug-likeness (QED) is 0.682. The Morgan fingerprint density at radius 3 is 2.44 bits per heavy atom. The van der Waals surface area contributed by atoms with Crippen molar-refractivity contribution in [1.82, 2.24) is 9.97 Å². The highest BCUT2D eigenvalue weighted by Crippen LogP contribution is 2.39. The van der Waals surface area contributed by atoms with Crippen molar-refractivity contribution < 1.29 is 9.47 Å². The first-order chi connectivity index (χ1) is 15.3. The zero-order valence-corrected chi connectivity index (χ0v) is 20.3. The van der Waals surface area contributed by atoms with E-state index in [1.165, 1.54) is 25.7 Å². The summed E-state index contributed by atoms with van der Waals surface area (Å²) in [6, 6.07) is 8.59. The predicted molar refractivity (Wildman–Crippen MR) is 131 cm³/mol. The summed E-state index contributed by atoms with van der Waals surface area (Å²) in [5.41, 5.74) is 3.50. The summed E-state index contributed by atoms with van der Waals surface area (Å²) < 4.78 is 11.0. The smallest absolute Gasteiger partial charge is 0.228 e. The Bertz CT molecular complexity index is 911. The van der Waals surface area contributed by atoms with Crippen LogP contribution in [0.15, 0.2) is 24.3 Å². The van der Waals surface area contributed by atoms with Crippen LogP contribution in [0.3, 0.4) is 0 Å². The highest BCUT2D eigenvalue weighted by Gasteiger charge is 2.30. The lowest BCUT2D eigenvalue weighted by molar-refractivity contribution is 0.122. The fourth-order valence-electron chi connectivity index (χ4n) is 4.90. The second-order valence-electron chi connectivity index (χ2n) is 10.2. The topological polar surface area (TPSA) is 59.5 Å². The van der Waals surface area contributed by atoms with E-state index in [1.807, 2.05) is 12.1 Å². The molecule has 2 aliphatic rings. The lowest BCUT2D eigenvalue weighted by Gasteiger charge is -2.37. The molecule has 0 bridgehead atoms. The summed E-state index contributed by atoms with van der Waals surface area (Å²) in [5, 5.41) is 3.80. The molecule has 1 saturated carbocycles. The third-order valence-electron chi connectivity index (χ3n) is 7.06. The standard InChI is InChI=1S/C26H38N4O2/c1-18-23(19-7-6-8-22(17-19)31-5)28-25(30-13-15-32-16-14-30)29-24(18)27-21-11-9-20(10-12-21)26(2,3)4/h6-8,17,20-21H,9-16H2,1-5H3,(H,27,28,29). The first-order valence-electron chi connectivity index (χ1n) is 12.0. The summed E-state index contributed by atoms with van der Waals surface area (Å²) in [4.78, 5) is 12.2. The number of nitrogens with zero attached hydrogens (tertiary/aromatic N) is 3. The number of benzene rings is 1. The number of hydrogen-bond acceptors (Lipinski definition) is 6. The summed E-state index contributed by atoms with van der Waals surface area (Å²) in [6.07, 6.45) is 4.91. The van der Waals surface area contributed by atoms with E-state index >= 15 is 0 Å². The molecule has 1 aromatic heterocycles. The first kappa shape index (κ1) is 22.8. The van der Waals surface area contributed by atoms with E-state index in [1.54, 1.807) is 7.11 Å². The van der Waals surface area contributed by atoms with Crippen molar-refractivity contribution in [3.8, 4) is 17.0 Å². The Hall–Kier alpha value is -2.34. The van der Waals surface area contributed by atoms with Crippen LogP contribution in [0.5, 0.6) is 5.75 Å². The van der Waals surface area contributed by atoms with E-state index < -0.39 is 0 Å². The summed E-state index contributed by atoms with van der Waals surface area (Å²) in [6.45, 7) is 12.3. The van der Waals surface area contributed by atoms with Crippen LogP contribution >= 0.6 is 0 Å². The number of methoxy groups -OCH3 is 1. The van der Waals surface area contributed by atoms with Crippen molar-refractivity contribution >= 4 is 11.8 Å². The molecule has 1 aromatic carbocycles. The molecule has 6 nitrogen and oxygen atoms in total. The molecule has 1 aliphatic heterocycles. The summed E-state index contributed by atoms with van der Waals surface area (Å²) >= 11 is 0. The highest BCUT2D eigenvalue weighted by molar-refractivity contribution is 5.71. The minimum Gasteiger partial charge on any atom is -0.497 e. The molecule has 0 amide bonds. The molecule has 4 rings (SSSR count). The highest BCUT2D eigenvalue weighted by atomic mass is 16.5. The predicted octanol–water partition coefficient (Wildman–Crippen LogP) is 5.31. The Kier molecular flexibility index (Phi) is 6.89. The van der Waals surface area contributed by atoms with E-state index in [-0.39, 0.29) is 0 Å². The van der Waals surface area contributed by atoms with Crippen molar-refractivity contribution in [3.63, 3.8) is 0 Å². The molecular weight excluding hydrogens is 400 g/mol. The van der Waals surface area contributed by atoms with E-state index in [9.17, 15) is 0 Å². The number of ether oxygens (including phenoxy) is 2. The molecule has 1 N–H and O–H groups in total. The van der Waals surface area contributed by atoms with Crippen LogP contribution in [0.25, 0.3) is 11.3 Å². The van der Waals surface area contributed by atoms with Gasteiger partial charge in [0.2, 0.25) is 5.95 Å². The number of hydrogen-bond donors (Lipinski definition) is 1. The maximum atomic E-state index is 5.55. The van der Waals surface area contributed by atoms with Gasteiger partial charge in [-0.15, -0.1) is 0 Å². The minimum atomic E-state index is 0.388. The van der Waals surface area contributed by atoms with Gasteiger partial charge in [-0.2, -0.15) is 4.98 Å². The number of aromatic nitrogens is 2. The fourth-order valence-corrected chi connectivity index (χ4v) is 4.90. The molecule has 1 aliphatic carbocycles. The molecule has 6 heteroatoms. The Labute approximate surface area is 192 Å². The molecule has 2 fully saturated rings. The van der Waals surface area contributed by atoms with Crippen LogP contribution in [0, 0.1) is 18.3 Å². The molecule has 0 atom stereocenters. The van der Waals surface area contributed by atoms with Gasteiger partial charge in [0.05, 0.1) is 26.0 Å². The monoisotopic (exact) mass is 438 g/mol. The fraction of sp³-hybridized carbons (Fsp3) is 0.615. The van der Waals surface area contributed by atoms with Gasteiger partial charge in [0.15, 0.2) is 0 Å². The number of rotatable bonds is 5. The minimum absolute atomic E-state index is 0.388.